The van der Waals surface area contributed by atoms with Gasteiger partial charge in [0.05, 0.1) is 5.69 Å². The highest BCUT2D eigenvalue weighted by atomic mass is 19.1. The summed E-state index contributed by atoms with van der Waals surface area (Å²) in [6.45, 7) is 5.49. The molecule has 7 nitrogen and oxygen atoms in total. The zero-order chi connectivity index (χ0) is 21.1. The van der Waals surface area contributed by atoms with E-state index < -0.39 is 23.7 Å². The maximum Gasteiger partial charge on any atom is 0.335 e. The molecule has 0 unspecified atom stereocenters. The molecule has 0 radical (unpaired) electrons. The minimum Gasteiger partial charge on any atom is -0.507 e. The van der Waals surface area contributed by atoms with Crippen molar-refractivity contribution in [3.05, 3.63) is 59.4 Å². The van der Waals surface area contributed by atoms with Crippen molar-refractivity contribution in [1.82, 2.24) is 5.32 Å². The first kappa shape index (κ1) is 20.1. The largest absolute Gasteiger partial charge is 0.507 e. The average molecular weight is 397 g/mol. The van der Waals surface area contributed by atoms with Gasteiger partial charge in [-0.05, 0) is 56.3 Å². The summed E-state index contributed by atoms with van der Waals surface area (Å²) in [5.41, 5.74) is 0.859. The third-order valence-corrected chi connectivity index (χ3v) is 4.63. The Bertz CT molecular complexity index is 997. The fraction of sp³-hybridized carbons (Fsp3) is 0.190. The average Bonchev–Trinajstić information content (AvgIpc) is 2.69. The van der Waals surface area contributed by atoms with Gasteiger partial charge >= 0.3 is 6.03 Å². The maximum absolute atomic E-state index is 13.2. The van der Waals surface area contributed by atoms with Gasteiger partial charge in [-0.15, -0.1) is 0 Å². The molecule has 1 saturated heterocycles. The smallest absolute Gasteiger partial charge is 0.335 e. The Kier molecular flexibility index (Phi) is 5.63. The fourth-order valence-electron chi connectivity index (χ4n) is 3.08. The number of nitrogens with zero attached hydrogens (tertiary/aromatic N) is 2. The van der Waals surface area contributed by atoms with Crippen molar-refractivity contribution >= 4 is 35.3 Å². The van der Waals surface area contributed by atoms with E-state index in [2.05, 4.69) is 5.32 Å². The van der Waals surface area contributed by atoms with Crippen LogP contribution < -0.4 is 15.1 Å². The fourth-order valence-corrected chi connectivity index (χ4v) is 3.08. The molecule has 1 heterocycles. The van der Waals surface area contributed by atoms with Gasteiger partial charge in [-0.1, -0.05) is 0 Å². The Hall–Kier alpha value is -3.68. The molecule has 0 aliphatic carbocycles. The number of barbiturate groups is 1. The van der Waals surface area contributed by atoms with Crippen LogP contribution in [0.25, 0.3) is 6.08 Å². The molecular weight excluding hydrogens is 377 g/mol. The van der Waals surface area contributed by atoms with E-state index in [-0.39, 0.29) is 22.6 Å². The monoisotopic (exact) mass is 397 g/mol. The quantitative estimate of drug-likeness (QED) is 0.598. The molecule has 0 saturated carbocycles. The van der Waals surface area contributed by atoms with Crippen LogP contribution in [0.15, 0.2) is 48.0 Å². The van der Waals surface area contributed by atoms with E-state index in [1.165, 1.54) is 18.2 Å². The van der Waals surface area contributed by atoms with Gasteiger partial charge in [0, 0.05) is 30.4 Å². The molecule has 1 fully saturated rings. The van der Waals surface area contributed by atoms with Crippen LogP contribution in [0.2, 0.25) is 0 Å². The molecule has 0 bridgehead atoms. The van der Waals surface area contributed by atoms with E-state index in [9.17, 15) is 23.9 Å². The Morgan fingerprint density at radius 2 is 1.72 bits per heavy atom. The third kappa shape index (κ3) is 3.96. The van der Waals surface area contributed by atoms with Crippen LogP contribution in [0, 0.1) is 5.82 Å². The van der Waals surface area contributed by atoms with Gasteiger partial charge < -0.3 is 10.0 Å². The number of phenolic OH excluding ortho intramolecular Hbond substituents is 1. The maximum atomic E-state index is 13.2. The minimum absolute atomic E-state index is 0.104. The van der Waals surface area contributed by atoms with Crippen molar-refractivity contribution in [2.45, 2.75) is 13.8 Å². The molecule has 3 rings (SSSR count). The predicted octanol–water partition coefficient (Wildman–Crippen LogP) is 3.04. The van der Waals surface area contributed by atoms with Gasteiger partial charge in [-0.3, -0.25) is 14.9 Å². The summed E-state index contributed by atoms with van der Waals surface area (Å²) in [6, 6.07) is 8.72. The van der Waals surface area contributed by atoms with Crippen LogP contribution in [-0.2, 0) is 9.59 Å². The van der Waals surface area contributed by atoms with E-state index in [1.807, 2.05) is 18.7 Å². The number of carbonyl (C=O) groups excluding carboxylic acids is 3. The first-order chi connectivity index (χ1) is 13.8. The van der Waals surface area contributed by atoms with Gasteiger partial charge in [0.25, 0.3) is 11.8 Å². The molecule has 2 aromatic rings. The van der Waals surface area contributed by atoms with Crippen molar-refractivity contribution in [2.24, 2.45) is 0 Å². The Morgan fingerprint density at radius 3 is 2.31 bits per heavy atom. The van der Waals surface area contributed by atoms with Crippen LogP contribution in [0.5, 0.6) is 5.75 Å². The van der Waals surface area contributed by atoms with E-state index in [0.717, 1.165) is 35.8 Å². The predicted molar refractivity (Wildman–Crippen MR) is 107 cm³/mol. The van der Waals surface area contributed by atoms with Crippen LogP contribution in [-0.4, -0.2) is 36.0 Å². The molecule has 2 aromatic carbocycles. The standard InChI is InChI=1S/C21H20FN3O4/c1-3-24(4-2)16-8-5-13(18(26)12-16)11-17-19(27)23-21(29)25(20(17)28)15-9-6-14(22)7-10-15/h5-12,26H,3-4H2,1-2H3,(H,23,27,29). The van der Waals surface area contributed by atoms with E-state index in [1.54, 1.807) is 18.2 Å². The number of benzene rings is 2. The van der Waals surface area contributed by atoms with E-state index in [4.69, 9.17) is 0 Å². The Labute approximate surface area is 167 Å². The number of hydrogen-bond donors (Lipinski definition) is 2. The molecular formula is C21H20FN3O4. The summed E-state index contributed by atoms with van der Waals surface area (Å²) in [7, 11) is 0. The molecule has 150 valence electrons. The second-order valence-corrected chi connectivity index (χ2v) is 6.35. The summed E-state index contributed by atoms with van der Waals surface area (Å²) in [4.78, 5) is 40.0. The number of urea groups is 1. The second kappa shape index (κ2) is 8.14. The number of nitrogens with one attached hydrogen (secondary N) is 1. The van der Waals surface area contributed by atoms with Gasteiger partial charge in [0.15, 0.2) is 0 Å². The van der Waals surface area contributed by atoms with Gasteiger partial charge in [-0.25, -0.2) is 14.1 Å². The number of anilines is 2. The molecule has 8 heteroatoms. The van der Waals surface area contributed by atoms with Crippen LogP contribution in [0.3, 0.4) is 0 Å². The van der Waals surface area contributed by atoms with Crippen molar-refractivity contribution in [2.75, 3.05) is 22.9 Å². The zero-order valence-electron chi connectivity index (χ0n) is 16.0. The summed E-state index contributed by atoms with van der Waals surface area (Å²) >= 11 is 0. The molecule has 0 aromatic heterocycles. The topological polar surface area (TPSA) is 90.0 Å². The van der Waals surface area contributed by atoms with Crippen LogP contribution >= 0.6 is 0 Å². The number of carbonyl (C=O) groups is 3. The van der Waals surface area contributed by atoms with Crippen molar-refractivity contribution in [3.8, 4) is 5.75 Å². The number of amides is 4. The third-order valence-electron chi connectivity index (χ3n) is 4.63. The molecule has 0 spiro atoms. The van der Waals surface area contributed by atoms with Crippen LogP contribution in [0.4, 0.5) is 20.6 Å². The minimum atomic E-state index is -0.926. The summed E-state index contributed by atoms with van der Waals surface area (Å²) in [6.07, 6.45) is 1.22. The van der Waals surface area contributed by atoms with Crippen molar-refractivity contribution in [3.63, 3.8) is 0 Å². The highest BCUT2D eigenvalue weighted by molar-refractivity contribution is 6.39. The number of rotatable bonds is 5. The normalized spacial score (nSPS) is 15.6. The molecule has 2 N–H and O–H groups in total. The first-order valence-corrected chi connectivity index (χ1v) is 9.10. The lowest BCUT2D eigenvalue weighted by atomic mass is 10.1. The molecule has 1 aliphatic heterocycles. The SMILES string of the molecule is CCN(CC)c1ccc(C=C2C(=O)NC(=O)N(c3ccc(F)cc3)C2=O)c(O)c1. The molecule has 0 atom stereocenters. The zero-order valence-corrected chi connectivity index (χ0v) is 16.0. The molecule has 4 amide bonds. The van der Waals surface area contributed by atoms with Gasteiger partial charge in [0.1, 0.15) is 17.1 Å². The lowest BCUT2D eigenvalue weighted by Gasteiger charge is -2.26. The lowest BCUT2D eigenvalue weighted by molar-refractivity contribution is -0.122. The van der Waals surface area contributed by atoms with Gasteiger partial charge in [-0.2, -0.15) is 0 Å². The number of halogens is 1. The Balaban J connectivity index is 1.97. The number of hydrogen-bond acceptors (Lipinski definition) is 5. The van der Waals surface area contributed by atoms with E-state index in [0.29, 0.717) is 0 Å². The first-order valence-electron chi connectivity index (χ1n) is 9.10. The molecule has 29 heavy (non-hydrogen) atoms. The molecule has 1 aliphatic rings. The number of phenols is 1. The summed E-state index contributed by atoms with van der Waals surface area (Å²) < 4.78 is 13.2. The van der Waals surface area contributed by atoms with Crippen LogP contribution in [0.1, 0.15) is 19.4 Å². The highest BCUT2D eigenvalue weighted by Crippen LogP contribution is 2.28. The second-order valence-electron chi connectivity index (χ2n) is 6.35. The Morgan fingerprint density at radius 1 is 1.07 bits per heavy atom. The number of imide groups is 2. The highest BCUT2D eigenvalue weighted by Gasteiger charge is 2.36. The lowest BCUT2D eigenvalue weighted by Crippen LogP contribution is -2.54. The number of aromatic hydroxyl groups is 1. The summed E-state index contributed by atoms with van der Waals surface area (Å²) in [5.74, 6) is -2.36. The van der Waals surface area contributed by atoms with Crippen molar-refractivity contribution in [1.29, 1.82) is 0 Å². The van der Waals surface area contributed by atoms with Crippen molar-refractivity contribution < 1.29 is 23.9 Å². The van der Waals surface area contributed by atoms with E-state index >= 15 is 0 Å². The summed E-state index contributed by atoms with van der Waals surface area (Å²) in [5, 5.41) is 12.4. The van der Waals surface area contributed by atoms with Gasteiger partial charge in [0.2, 0.25) is 0 Å².